The molecule has 0 aromatic heterocycles. The monoisotopic (exact) mass is 407 g/mol. The van der Waals surface area contributed by atoms with Crippen molar-refractivity contribution in [3.05, 3.63) is 23.8 Å². The SMILES string of the molecule is CCS(=O)c1cc(C(=O)NOCC(CC2CCCC2)C2CCCN2)ccc1N. The molecule has 3 atom stereocenters. The third-order valence-electron chi connectivity index (χ3n) is 6.02. The van der Waals surface area contributed by atoms with Gasteiger partial charge in [-0.3, -0.25) is 13.8 Å². The van der Waals surface area contributed by atoms with Crippen molar-refractivity contribution in [1.82, 2.24) is 10.8 Å². The van der Waals surface area contributed by atoms with Crippen LogP contribution in [0.25, 0.3) is 0 Å². The molecule has 2 aliphatic rings. The van der Waals surface area contributed by atoms with Gasteiger partial charge in [-0.15, -0.1) is 0 Å². The lowest BCUT2D eigenvalue weighted by molar-refractivity contribution is 0.00699. The van der Waals surface area contributed by atoms with Crippen LogP contribution >= 0.6 is 0 Å². The van der Waals surface area contributed by atoms with Gasteiger partial charge in [-0.05, 0) is 49.9 Å². The van der Waals surface area contributed by atoms with Gasteiger partial charge in [-0.1, -0.05) is 32.6 Å². The quantitative estimate of drug-likeness (QED) is 0.432. The lowest BCUT2D eigenvalue weighted by atomic mass is 9.88. The van der Waals surface area contributed by atoms with Gasteiger partial charge in [-0.2, -0.15) is 0 Å². The van der Waals surface area contributed by atoms with Gasteiger partial charge in [0, 0.05) is 29.0 Å². The van der Waals surface area contributed by atoms with E-state index in [1.54, 1.807) is 18.2 Å². The maximum atomic E-state index is 12.5. The van der Waals surface area contributed by atoms with Crippen molar-refractivity contribution in [2.24, 2.45) is 11.8 Å². The second-order valence-electron chi connectivity index (χ2n) is 7.98. The number of nitrogens with two attached hydrogens (primary N) is 1. The van der Waals surface area contributed by atoms with Crippen LogP contribution in [-0.2, 0) is 15.6 Å². The zero-order valence-corrected chi connectivity index (χ0v) is 17.6. The molecule has 1 saturated heterocycles. The van der Waals surface area contributed by atoms with Crippen LogP contribution in [0.2, 0.25) is 0 Å². The number of carbonyl (C=O) groups is 1. The summed E-state index contributed by atoms with van der Waals surface area (Å²) in [4.78, 5) is 18.6. The lowest BCUT2D eigenvalue weighted by Gasteiger charge is -2.26. The Morgan fingerprint density at radius 3 is 2.79 bits per heavy atom. The number of nitrogens with one attached hydrogen (secondary N) is 2. The average Bonchev–Trinajstić information content (AvgIpc) is 3.41. The molecule has 2 fully saturated rings. The molecule has 3 unspecified atom stereocenters. The van der Waals surface area contributed by atoms with Crippen molar-refractivity contribution >= 4 is 22.4 Å². The molecule has 1 saturated carbocycles. The Kier molecular flexibility index (Phi) is 7.88. The Morgan fingerprint density at radius 2 is 2.11 bits per heavy atom. The van der Waals surface area contributed by atoms with Crippen LogP contribution in [0.3, 0.4) is 0 Å². The first kappa shape index (κ1) is 21.3. The van der Waals surface area contributed by atoms with Gasteiger partial charge in [0.1, 0.15) is 0 Å². The first-order valence-electron chi connectivity index (χ1n) is 10.5. The van der Waals surface area contributed by atoms with Crippen LogP contribution < -0.4 is 16.5 Å². The summed E-state index contributed by atoms with van der Waals surface area (Å²) in [6.45, 7) is 3.41. The molecule has 28 heavy (non-hydrogen) atoms. The molecule has 1 aliphatic heterocycles. The summed E-state index contributed by atoms with van der Waals surface area (Å²) >= 11 is 0. The number of amides is 1. The molecule has 0 bridgehead atoms. The zero-order chi connectivity index (χ0) is 19.9. The van der Waals surface area contributed by atoms with E-state index >= 15 is 0 Å². The second kappa shape index (κ2) is 10.4. The van der Waals surface area contributed by atoms with Gasteiger partial charge in [0.15, 0.2) is 0 Å². The molecule has 156 valence electrons. The molecule has 7 heteroatoms. The van der Waals surface area contributed by atoms with Crippen molar-refractivity contribution in [2.45, 2.75) is 62.8 Å². The van der Waals surface area contributed by atoms with E-state index in [2.05, 4.69) is 10.8 Å². The number of rotatable bonds is 9. The molecule has 3 rings (SSSR count). The fourth-order valence-electron chi connectivity index (χ4n) is 4.44. The smallest absolute Gasteiger partial charge is 0.274 e. The molecule has 6 nitrogen and oxygen atoms in total. The molecule has 1 aromatic carbocycles. The average molecular weight is 408 g/mol. The maximum Gasteiger partial charge on any atom is 0.274 e. The number of nitrogen functional groups attached to an aromatic ring is 1. The summed E-state index contributed by atoms with van der Waals surface area (Å²) in [5.74, 6) is 1.34. The summed E-state index contributed by atoms with van der Waals surface area (Å²) in [7, 11) is -1.20. The van der Waals surface area contributed by atoms with Crippen molar-refractivity contribution in [1.29, 1.82) is 0 Å². The number of anilines is 1. The third kappa shape index (κ3) is 5.55. The van der Waals surface area contributed by atoms with Crippen LogP contribution in [0.4, 0.5) is 5.69 Å². The third-order valence-corrected chi connectivity index (χ3v) is 7.39. The normalized spacial score (nSPS) is 22.2. The van der Waals surface area contributed by atoms with E-state index in [0.29, 0.717) is 40.5 Å². The van der Waals surface area contributed by atoms with E-state index in [1.807, 2.05) is 6.92 Å². The molecule has 1 aromatic rings. The molecule has 1 amide bonds. The Bertz CT molecular complexity index is 685. The van der Waals surface area contributed by atoms with Crippen LogP contribution in [0.1, 0.15) is 62.2 Å². The van der Waals surface area contributed by atoms with Crippen LogP contribution in [0.5, 0.6) is 0 Å². The van der Waals surface area contributed by atoms with Crippen LogP contribution in [-0.4, -0.2) is 35.1 Å². The van der Waals surface area contributed by atoms with E-state index in [9.17, 15) is 9.00 Å². The fourth-order valence-corrected chi connectivity index (χ4v) is 5.34. The summed E-state index contributed by atoms with van der Waals surface area (Å²) in [5, 5.41) is 3.59. The predicted molar refractivity (Wildman–Crippen MR) is 112 cm³/mol. The fraction of sp³-hybridized carbons (Fsp3) is 0.667. The molecule has 0 spiro atoms. The molecule has 0 radical (unpaired) electrons. The van der Waals surface area contributed by atoms with Crippen molar-refractivity contribution in [2.75, 3.05) is 24.6 Å². The highest BCUT2D eigenvalue weighted by molar-refractivity contribution is 7.85. The summed E-state index contributed by atoms with van der Waals surface area (Å²) in [6.07, 6.45) is 8.86. The van der Waals surface area contributed by atoms with E-state index in [-0.39, 0.29) is 5.91 Å². The molecule has 1 aliphatic carbocycles. The Labute approximate surface area is 170 Å². The van der Waals surface area contributed by atoms with Gasteiger partial charge < -0.3 is 11.1 Å². The topological polar surface area (TPSA) is 93.5 Å². The largest absolute Gasteiger partial charge is 0.398 e. The van der Waals surface area contributed by atoms with Crippen LogP contribution in [0, 0.1) is 11.8 Å². The molecular weight excluding hydrogens is 374 g/mol. The minimum Gasteiger partial charge on any atom is -0.398 e. The predicted octanol–water partition coefficient (Wildman–Crippen LogP) is 3.01. The zero-order valence-electron chi connectivity index (χ0n) is 16.7. The van der Waals surface area contributed by atoms with Crippen molar-refractivity contribution < 1.29 is 13.8 Å². The highest BCUT2D eigenvalue weighted by atomic mass is 32.2. The summed E-state index contributed by atoms with van der Waals surface area (Å²) < 4.78 is 12.1. The second-order valence-corrected chi connectivity index (χ2v) is 9.69. The molecular formula is C21H33N3O3S. The van der Waals surface area contributed by atoms with E-state index in [4.69, 9.17) is 10.6 Å². The van der Waals surface area contributed by atoms with Gasteiger partial charge in [-0.25, -0.2) is 5.48 Å². The lowest BCUT2D eigenvalue weighted by Crippen LogP contribution is -2.37. The standard InChI is InChI=1S/C21H33N3O3S/c1-2-28(26)20-13-16(9-10-18(20)22)21(25)24-27-14-17(19-8-5-11-23-19)12-15-6-3-4-7-15/h9-10,13,15,17,19,23H,2-8,11-12,14,22H2,1H3,(H,24,25). The highest BCUT2D eigenvalue weighted by Gasteiger charge is 2.29. The maximum absolute atomic E-state index is 12.5. The number of hydrogen-bond acceptors (Lipinski definition) is 5. The Morgan fingerprint density at radius 1 is 1.32 bits per heavy atom. The van der Waals surface area contributed by atoms with E-state index < -0.39 is 10.8 Å². The summed E-state index contributed by atoms with van der Waals surface area (Å²) in [6, 6.07) is 5.34. The van der Waals surface area contributed by atoms with Gasteiger partial charge in [0.25, 0.3) is 5.91 Å². The Balaban J connectivity index is 1.55. The van der Waals surface area contributed by atoms with E-state index in [0.717, 1.165) is 18.9 Å². The minimum atomic E-state index is -1.20. The Hall–Kier alpha value is -1.44. The van der Waals surface area contributed by atoms with Gasteiger partial charge >= 0.3 is 0 Å². The van der Waals surface area contributed by atoms with E-state index in [1.165, 1.54) is 38.5 Å². The minimum absolute atomic E-state index is 0.326. The highest BCUT2D eigenvalue weighted by Crippen LogP contribution is 2.33. The van der Waals surface area contributed by atoms with Gasteiger partial charge in [0.05, 0.1) is 22.3 Å². The molecule has 4 N–H and O–H groups in total. The number of hydroxylamine groups is 1. The number of carbonyl (C=O) groups excluding carboxylic acids is 1. The number of benzene rings is 1. The van der Waals surface area contributed by atoms with Crippen LogP contribution in [0.15, 0.2) is 23.1 Å². The molecule has 1 heterocycles. The first-order chi connectivity index (χ1) is 13.6. The van der Waals surface area contributed by atoms with Crippen molar-refractivity contribution in [3.63, 3.8) is 0 Å². The number of hydrogen-bond donors (Lipinski definition) is 3. The van der Waals surface area contributed by atoms with Crippen molar-refractivity contribution in [3.8, 4) is 0 Å². The first-order valence-corrected chi connectivity index (χ1v) is 11.8. The van der Waals surface area contributed by atoms with Gasteiger partial charge in [0.2, 0.25) is 0 Å². The summed E-state index contributed by atoms with van der Waals surface area (Å²) in [5.41, 5.74) is 9.33.